The molecule has 3 heteroatoms. The molecular formula is C15H19F2N. The van der Waals surface area contributed by atoms with E-state index < -0.39 is 11.6 Å². The molecule has 0 amide bonds. The molecule has 3 rings (SSSR count). The lowest BCUT2D eigenvalue weighted by atomic mass is 9.61. The Morgan fingerprint density at radius 1 is 1.06 bits per heavy atom. The van der Waals surface area contributed by atoms with Gasteiger partial charge in [-0.1, -0.05) is 19.3 Å². The van der Waals surface area contributed by atoms with Crippen molar-refractivity contribution < 1.29 is 8.78 Å². The zero-order chi connectivity index (χ0) is 12.8. The van der Waals surface area contributed by atoms with Crippen molar-refractivity contribution in [3.8, 4) is 0 Å². The van der Waals surface area contributed by atoms with E-state index in [1.165, 1.54) is 12.5 Å². The molecule has 0 heterocycles. The highest BCUT2D eigenvalue weighted by molar-refractivity contribution is 5.40. The second-order valence-corrected chi connectivity index (χ2v) is 5.84. The smallest absolute Gasteiger partial charge is 0.131 e. The lowest BCUT2D eigenvalue weighted by molar-refractivity contribution is 0.240. The van der Waals surface area contributed by atoms with E-state index in [-0.39, 0.29) is 11.5 Å². The predicted octanol–water partition coefficient (Wildman–Crippen LogP) is 3.96. The minimum absolute atomic E-state index is 0.00755. The molecule has 0 radical (unpaired) electrons. The van der Waals surface area contributed by atoms with Crippen LogP contribution in [0.5, 0.6) is 0 Å². The normalized spacial score (nSPS) is 26.1. The number of nitrogens with two attached hydrogens (primary N) is 1. The second kappa shape index (κ2) is 4.30. The van der Waals surface area contributed by atoms with Crippen LogP contribution in [-0.4, -0.2) is 0 Å². The molecule has 1 spiro atoms. The molecular weight excluding hydrogens is 232 g/mol. The molecule has 1 unspecified atom stereocenters. The van der Waals surface area contributed by atoms with E-state index in [0.29, 0.717) is 5.56 Å². The monoisotopic (exact) mass is 251 g/mol. The third kappa shape index (κ3) is 1.76. The van der Waals surface area contributed by atoms with Crippen LogP contribution in [-0.2, 0) is 5.41 Å². The van der Waals surface area contributed by atoms with E-state index in [2.05, 4.69) is 0 Å². The van der Waals surface area contributed by atoms with E-state index in [9.17, 15) is 8.78 Å². The average molecular weight is 251 g/mol. The van der Waals surface area contributed by atoms with Gasteiger partial charge in [0.05, 0.1) is 0 Å². The summed E-state index contributed by atoms with van der Waals surface area (Å²) in [6.45, 7) is 0. The van der Waals surface area contributed by atoms with Crippen LogP contribution in [0.15, 0.2) is 12.1 Å². The van der Waals surface area contributed by atoms with Gasteiger partial charge in [0.1, 0.15) is 11.6 Å². The van der Waals surface area contributed by atoms with Gasteiger partial charge in [0.25, 0.3) is 0 Å². The minimum atomic E-state index is -0.467. The summed E-state index contributed by atoms with van der Waals surface area (Å²) in [6, 6.07) is 2.23. The molecule has 18 heavy (non-hydrogen) atoms. The van der Waals surface area contributed by atoms with Crippen molar-refractivity contribution in [1.29, 1.82) is 0 Å². The van der Waals surface area contributed by atoms with Gasteiger partial charge in [0.15, 0.2) is 0 Å². The molecule has 2 aliphatic carbocycles. The van der Waals surface area contributed by atoms with Crippen LogP contribution in [0.1, 0.15) is 62.1 Å². The highest BCUT2D eigenvalue weighted by Crippen LogP contribution is 2.50. The molecule has 1 aromatic rings. The van der Waals surface area contributed by atoms with Crippen molar-refractivity contribution in [3.05, 3.63) is 34.9 Å². The van der Waals surface area contributed by atoms with E-state index in [1.807, 2.05) is 0 Å². The maximum Gasteiger partial charge on any atom is 0.131 e. The largest absolute Gasteiger partial charge is 0.324 e. The standard InChI is InChI=1S/C15H19F2N/c16-10-8-11-14(12(17)9-10)13(18)4-7-15(11)5-2-1-3-6-15/h8-9,13H,1-7,18H2. The summed E-state index contributed by atoms with van der Waals surface area (Å²) >= 11 is 0. The zero-order valence-electron chi connectivity index (χ0n) is 10.5. The maximum absolute atomic E-state index is 14.0. The van der Waals surface area contributed by atoms with Crippen LogP contribution in [0.3, 0.4) is 0 Å². The van der Waals surface area contributed by atoms with Crippen molar-refractivity contribution in [2.45, 2.75) is 56.4 Å². The van der Waals surface area contributed by atoms with Gasteiger partial charge in [-0.15, -0.1) is 0 Å². The molecule has 1 saturated carbocycles. The molecule has 2 N–H and O–H groups in total. The van der Waals surface area contributed by atoms with Crippen molar-refractivity contribution in [1.82, 2.24) is 0 Å². The Balaban J connectivity index is 2.15. The van der Waals surface area contributed by atoms with Crippen molar-refractivity contribution >= 4 is 0 Å². The van der Waals surface area contributed by atoms with E-state index in [4.69, 9.17) is 5.73 Å². The van der Waals surface area contributed by atoms with Crippen LogP contribution in [0, 0.1) is 11.6 Å². The summed E-state index contributed by atoms with van der Waals surface area (Å²) in [6.07, 6.45) is 7.45. The fraction of sp³-hybridized carbons (Fsp3) is 0.600. The first-order valence-electron chi connectivity index (χ1n) is 6.87. The molecule has 1 aromatic carbocycles. The summed E-state index contributed by atoms with van der Waals surface area (Å²) in [5.41, 5.74) is 7.45. The first-order chi connectivity index (χ1) is 8.62. The summed E-state index contributed by atoms with van der Waals surface area (Å²) < 4.78 is 27.5. The number of benzene rings is 1. The topological polar surface area (TPSA) is 26.0 Å². The SMILES string of the molecule is NC1CCC2(CCCCC2)c2cc(F)cc(F)c21. The number of hydrogen-bond acceptors (Lipinski definition) is 1. The molecule has 0 aromatic heterocycles. The first-order valence-corrected chi connectivity index (χ1v) is 6.87. The van der Waals surface area contributed by atoms with Gasteiger partial charge < -0.3 is 5.73 Å². The molecule has 1 atom stereocenters. The molecule has 2 aliphatic rings. The van der Waals surface area contributed by atoms with Crippen molar-refractivity contribution in [3.63, 3.8) is 0 Å². The second-order valence-electron chi connectivity index (χ2n) is 5.84. The van der Waals surface area contributed by atoms with Gasteiger partial charge in [-0.25, -0.2) is 8.78 Å². The van der Waals surface area contributed by atoms with Crippen LogP contribution in [0.4, 0.5) is 8.78 Å². The lowest BCUT2D eigenvalue weighted by Crippen LogP contribution is -2.37. The van der Waals surface area contributed by atoms with Gasteiger partial charge in [0.2, 0.25) is 0 Å². The highest BCUT2D eigenvalue weighted by Gasteiger charge is 2.41. The fourth-order valence-electron chi connectivity index (χ4n) is 3.86. The van der Waals surface area contributed by atoms with Crippen LogP contribution in [0.2, 0.25) is 0 Å². The number of rotatable bonds is 0. The van der Waals surface area contributed by atoms with E-state index in [0.717, 1.165) is 50.2 Å². The summed E-state index contributed by atoms with van der Waals surface area (Å²) in [4.78, 5) is 0. The third-order valence-electron chi connectivity index (χ3n) is 4.78. The van der Waals surface area contributed by atoms with Crippen LogP contribution >= 0.6 is 0 Å². The third-order valence-corrected chi connectivity index (χ3v) is 4.78. The minimum Gasteiger partial charge on any atom is -0.324 e. The van der Waals surface area contributed by atoms with Crippen molar-refractivity contribution in [2.75, 3.05) is 0 Å². The van der Waals surface area contributed by atoms with E-state index in [1.54, 1.807) is 0 Å². The molecule has 0 saturated heterocycles. The lowest BCUT2D eigenvalue weighted by Gasteiger charge is -2.44. The predicted molar refractivity (Wildman–Crippen MR) is 67.3 cm³/mol. The Bertz CT molecular complexity index is 464. The molecule has 1 nitrogen and oxygen atoms in total. The van der Waals surface area contributed by atoms with Crippen LogP contribution in [0.25, 0.3) is 0 Å². The summed E-state index contributed by atoms with van der Waals surface area (Å²) in [5.74, 6) is -0.924. The van der Waals surface area contributed by atoms with Gasteiger partial charge in [0, 0.05) is 17.7 Å². The maximum atomic E-state index is 14.0. The van der Waals surface area contributed by atoms with Gasteiger partial charge >= 0.3 is 0 Å². The molecule has 1 fully saturated rings. The Labute approximate surface area is 106 Å². The first kappa shape index (κ1) is 12.1. The van der Waals surface area contributed by atoms with E-state index >= 15 is 0 Å². The Morgan fingerprint density at radius 2 is 1.78 bits per heavy atom. The Morgan fingerprint density at radius 3 is 2.50 bits per heavy atom. The average Bonchev–Trinajstić information content (AvgIpc) is 2.35. The highest BCUT2D eigenvalue weighted by atomic mass is 19.1. The van der Waals surface area contributed by atoms with Gasteiger partial charge in [-0.2, -0.15) is 0 Å². The number of halogens is 2. The Kier molecular flexibility index (Phi) is 2.89. The van der Waals surface area contributed by atoms with Gasteiger partial charge in [-0.3, -0.25) is 0 Å². The number of fused-ring (bicyclic) bond motifs is 2. The zero-order valence-corrected chi connectivity index (χ0v) is 10.5. The Hall–Kier alpha value is -0.960. The number of hydrogen-bond donors (Lipinski definition) is 1. The summed E-state index contributed by atoms with van der Waals surface area (Å²) in [5, 5.41) is 0. The quantitative estimate of drug-likeness (QED) is 0.742. The van der Waals surface area contributed by atoms with Crippen molar-refractivity contribution in [2.24, 2.45) is 5.73 Å². The van der Waals surface area contributed by atoms with Crippen LogP contribution < -0.4 is 5.73 Å². The molecule has 98 valence electrons. The molecule has 0 aliphatic heterocycles. The summed E-state index contributed by atoms with van der Waals surface area (Å²) in [7, 11) is 0. The molecule has 0 bridgehead atoms. The van der Waals surface area contributed by atoms with Gasteiger partial charge in [-0.05, 0) is 42.7 Å². The fourth-order valence-corrected chi connectivity index (χ4v) is 3.86.